The third-order valence-electron chi connectivity index (χ3n) is 2.57. The zero-order valence-electron chi connectivity index (χ0n) is 12.2. The minimum Gasteiger partial charge on any atom is -0.364 e. The monoisotopic (exact) mass is 296 g/mol. The SMILES string of the molecule is CCCNC(=O)CCNc1ncnc(NCC)c1[N+](=O)[O-]. The zero-order valence-corrected chi connectivity index (χ0v) is 12.2. The minimum absolute atomic E-state index is 0.104. The number of rotatable bonds is 9. The lowest BCUT2D eigenvalue weighted by molar-refractivity contribution is -0.383. The molecule has 0 saturated carbocycles. The first-order valence-corrected chi connectivity index (χ1v) is 6.83. The van der Waals surface area contributed by atoms with E-state index in [0.29, 0.717) is 13.1 Å². The van der Waals surface area contributed by atoms with E-state index in [1.165, 1.54) is 6.33 Å². The van der Waals surface area contributed by atoms with E-state index in [9.17, 15) is 14.9 Å². The average molecular weight is 296 g/mol. The van der Waals surface area contributed by atoms with Crippen LogP contribution in [0.25, 0.3) is 0 Å². The Morgan fingerprint density at radius 2 is 1.90 bits per heavy atom. The largest absolute Gasteiger partial charge is 0.364 e. The second-order valence-corrected chi connectivity index (χ2v) is 4.23. The highest BCUT2D eigenvalue weighted by atomic mass is 16.6. The Labute approximate surface area is 122 Å². The highest BCUT2D eigenvalue weighted by Gasteiger charge is 2.22. The van der Waals surface area contributed by atoms with Gasteiger partial charge in [0.25, 0.3) is 0 Å². The zero-order chi connectivity index (χ0) is 15.7. The molecule has 0 spiro atoms. The molecule has 3 N–H and O–H groups in total. The van der Waals surface area contributed by atoms with Crippen LogP contribution in [0.2, 0.25) is 0 Å². The van der Waals surface area contributed by atoms with E-state index >= 15 is 0 Å². The van der Waals surface area contributed by atoms with E-state index in [-0.39, 0.29) is 36.2 Å². The number of aromatic nitrogens is 2. The molecular formula is C12H20N6O3. The van der Waals surface area contributed by atoms with Crippen molar-refractivity contribution in [1.29, 1.82) is 0 Å². The Balaban J connectivity index is 2.68. The van der Waals surface area contributed by atoms with Crippen LogP contribution in [-0.2, 0) is 4.79 Å². The molecule has 0 aliphatic carbocycles. The lowest BCUT2D eigenvalue weighted by Gasteiger charge is -2.09. The van der Waals surface area contributed by atoms with Crippen molar-refractivity contribution in [2.75, 3.05) is 30.3 Å². The Morgan fingerprint density at radius 1 is 1.24 bits per heavy atom. The van der Waals surface area contributed by atoms with Crippen LogP contribution in [-0.4, -0.2) is 40.4 Å². The topological polar surface area (TPSA) is 122 Å². The minimum atomic E-state index is -0.544. The number of nitrogens with zero attached hydrogens (tertiary/aromatic N) is 3. The van der Waals surface area contributed by atoms with Crippen molar-refractivity contribution in [3.8, 4) is 0 Å². The summed E-state index contributed by atoms with van der Waals surface area (Å²) in [6, 6.07) is 0. The van der Waals surface area contributed by atoms with Gasteiger partial charge in [-0.1, -0.05) is 6.92 Å². The number of hydrogen-bond acceptors (Lipinski definition) is 7. The quantitative estimate of drug-likeness (QED) is 0.461. The number of nitro groups is 1. The van der Waals surface area contributed by atoms with Crippen molar-refractivity contribution in [2.45, 2.75) is 26.7 Å². The lowest BCUT2D eigenvalue weighted by atomic mass is 10.3. The Bertz CT molecular complexity index is 494. The van der Waals surface area contributed by atoms with E-state index in [2.05, 4.69) is 25.9 Å². The van der Waals surface area contributed by atoms with E-state index in [0.717, 1.165) is 6.42 Å². The van der Waals surface area contributed by atoms with Crippen molar-refractivity contribution in [2.24, 2.45) is 0 Å². The van der Waals surface area contributed by atoms with Crippen LogP contribution >= 0.6 is 0 Å². The first kappa shape index (κ1) is 16.6. The van der Waals surface area contributed by atoms with Gasteiger partial charge in [-0.2, -0.15) is 0 Å². The molecule has 0 aliphatic rings. The predicted molar refractivity (Wildman–Crippen MR) is 79.3 cm³/mol. The number of carbonyl (C=O) groups is 1. The number of nitrogens with one attached hydrogen (secondary N) is 3. The Morgan fingerprint density at radius 3 is 2.48 bits per heavy atom. The molecule has 0 atom stereocenters. The third-order valence-corrected chi connectivity index (χ3v) is 2.57. The van der Waals surface area contributed by atoms with Crippen LogP contribution in [0.5, 0.6) is 0 Å². The van der Waals surface area contributed by atoms with Gasteiger partial charge in [-0.15, -0.1) is 0 Å². The normalized spacial score (nSPS) is 10.0. The summed E-state index contributed by atoms with van der Waals surface area (Å²) in [5, 5.41) is 19.5. The summed E-state index contributed by atoms with van der Waals surface area (Å²) in [5.74, 6) is 0.164. The van der Waals surface area contributed by atoms with Crippen LogP contribution in [0.3, 0.4) is 0 Å². The van der Waals surface area contributed by atoms with E-state index in [4.69, 9.17) is 0 Å². The summed E-state index contributed by atoms with van der Waals surface area (Å²) in [5.41, 5.74) is -0.215. The van der Waals surface area contributed by atoms with Crippen LogP contribution in [0.4, 0.5) is 17.3 Å². The van der Waals surface area contributed by atoms with E-state index in [1.54, 1.807) is 0 Å². The van der Waals surface area contributed by atoms with Crippen LogP contribution in [0.1, 0.15) is 26.7 Å². The molecule has 0 unspecified atom stereocenters. The Hall–Kier alpha value is -2.45. The smallest absolute Gasteiger partial charge is 0.353 e. The maximum atomic E-state index is 11.5. The standard InChI is InChI=1S/C12H20N6O3/c1-3-6-14-9(19)5-7-15-12-10(18(20)21)11(13-4-2)16-8-17-12/h8H,3-7H2,1-2H3,(H,14,19)(H2,13,15,16,17). The van der Waals surface area contributed by atoms with Gasteiger partial charge < -0.3 is 16.0 Å². The first-order valence-electron chi connectivity index (χ1n) is 6.83. The van der Waals surface area contributed by atoms with Crippen molar-refractivity contribution < 1.29 is 9.72 Å². The molecule has 1 aromatic heterocycles. The van der Waals surface area contributed by atoms with Gasteiger partial charge in [-0.05, 0) is 13.3 Å². The highest BCUT2D eigenvalue weighted by molar-refractivity contribution is 5.76. The van der Waals surface area contributed by atoms with E-state index < -0.39 is 4.92 Å². The molecule has 21 heavy (non-hydrogen) atoms. The molecule has 0 fully saturated rings. The molecule has 0 aromatic carbocycles. The number of anilines is 2. The molecule has 0 saturated heterocycles. The van der Waals surface area contributed by atoms with Gasteiger partial charge in [-0.25, -0.2) is 9.97 Å². The summed E-state index contributed by atoms with van der Waals surface area (Å²) in [6.07, 6.45) is 2.32. The van der Waals surface area contributed by atoms with Crippen molar-refractivity contribution in [3.05, 3.63) is 16.4 Å². The summed E-state index contributed by atoms with van der Waals surface area (Å²) in [7, 11) is 0. The van der Waals surface area contributed by atoms with E-state index in [1.807, 2.05) is 13.8 Å². The fourth-order valence-corrected chi connectivity index (χ4v) is 1.63. The average Bonchev–Trinajstić information content (AvgIpc) is 2.45. The van der Waals surface area contributed by atoms with Gasteiger partial charge >= 0.3 is 5.69 Å². The summed E-state index contributed by atoms with van der Waals surface area (Å²) >= 11 is 0. The molecule has 1 aromatic rings. The predicted octanol–water partition coefficient (Wildman–Crippen LogP) is 1.14. The lowest BCUT2D eigenvalue weighted by Crippen LogP contribution is -2.26. The fraction of sp³-hybridized carbons (Fsp3) is 0.583. The molecule has 9 nitrogen and oxygen atoms in total. The summed E-state index contributed by atoms with van der Waals surface area (Å²) in [6.45, 7) is 5.18. The molecule has 1 amide bonds. The molecule has 0 aliphatic heterocycles. The van der Waals surface area contributed by atoms with Gasteiger partial charge in [0.1, 0.15) is 6.33 Å². The van der Waals surface area contributed by atoms with Crippen LogP contribution in [0, 0.1) is 10.1 Å². The highest BCUT2D eigenvalue weighted by Crippen LogP contribution is 2.28. The Kier molecular flexibility index (Phi) is 6.85. The number of carbonyl (C=O) groups excluding carboxylic acids is 1. The molecule has 0 bridgehead atoms. The molecular weight excluding hydrogens is 276 g/mol. The van der Waals surface area contributed by atoms with Gasteiger partial charge in [-0.3, -0.25) is 14.9 Å². The molecule has 1 heterocycles. The summed E-state index contributed by atoms with van der Waals surface area (Å²) in [4.78, 5) is 29.7. The molecule has 9 heteroatoms. The fourth-order valence-electron chi connectivity index (χ4n) is 1.63. The second kappa shape index (κ2) is 8.67. The summed E-state index contributed by atoms with van der Waals surface area (Å²) < 4.78 is 0. The van der Waals surface area contributed by atoms with Gasteiger partial charge in [0.15, 0.2) is 0 Å². The van der Waals surface area contributed by atoms with Gasteiger partial charge in [0.05, 0.1) is 4.92 Å². The second-order valence-electron chi connectivity index (χ2n) is 4.23. The number of hydrogen-bond donors (Lipinski definition) is 3. The molecule has 0 radical (unpaired) electrons. The third kappa shape index (κ3) is 5.21. The van der Waals surface area contributed by atoms with Crippen LogP contribution < -0.4 is 16.0 Å². The van der Waals surface area contributed by atoms with Gasteiger partial charge in [0.2, 0.25) is 17.5 Å². The maximum absolute atomic E-state index is 11.5. The number of amides is 1. The van der Waals surface area contributed by atoms with Crippen molar-refractivity contribution >= 4 is 23.2 Å². The van der Waals surface area contributed by atoms with Crippen molar-refractivity contribution in [3.63, 3.8) is 0 Å². The first-order chi connectivity index (χ1) is 10.1. The molecule has 116 valence electrons. The van der Waals surface area contributed by atoms with Gasteiger partial charge in [0, 0.05) is 26.1 Å². The van der Waals surface area contributed by atoms with Crippen molar-refractivity contribution in [1.82, 2.24) is 15.3 Å². The van der Waals surface area contributed by atoms with Crippen LogP contribution in [0.15, 0.2) is 6.33 Å². The molecule has 1 rings (SSSR count). The maximum Gasteiger partial charge on any atom is 0.353 e.